The summed E-state index contributed by atoms with van der Waals surface area (Å²) in [7, 11) is -2.09. The Kier molecular flexibility index (Phi) is 5.90. The van der Waals surface area contributed by atoms with Gasteiger partial charge in [0.2, 0.25) is 10.0 Å². The Balaban J connectivity index is 2.95. The topological polar surface area (TPSA) is 63.4 Å². The van der Waals surface area contributed by atoms with Gasteiger partial charge in [-0.15, -0.1) is 0 Å². The third-order valence-corrected chi connectivity index (χ3v) is 5.59. The molecule has 0 bridgehead atoms. The summed E-state index contributed by atoms with van der Waals surface area (Å²) in [6.45, 7) is 7.49. The van der Waals surface area contributed by atoms with E-state index in [1.807, 2.05) is 13.8 Å². The molecule has 1 aromatic rings. The molecule has 0 aliphatic carbocycles. The molecule has 0 aromatic heterocycles. The molecule has 0 saturated carbocycles. The number of halogens is 1. The molecule has 1 rings (SSSR count). The molecular weight excluding hydrogens is 291 g/mol. The highest BCUT2D eigenvalue weighted by molar-refractivity contribution is 7.89. The number of sulfonamides is 1. The van der Waals surface area contributed by atoms with Gasteiger partial charge in [-0.2, -0.15) is 0 Å². The Bertz CT molecular complexity index is 577. The van der Waals surface area contributed by atoms with Crippen molar-refractivity contribution in [3.63, 3.8) is 0 Å². The number of aryl methyl sites for hydroxylation is 2. The second-order valence-corrected chi connectivity index (χ2v) is 7.94. The van der Waals surface area contributed by atoms with Crippen molar-refractivity contribution in [2.75, 3.05) is 13.6 Å². The summed E-state index contributed by atoms with van der Waals surface area (Å²) in [4.78, 5) is 0.125. The predicted octanol–water partition coefficient (Wildman–Crippen LogP) is 2.44. The highest BCUT2D eigenvalue weighted by atomic mass is 32.2. The van der Waals surface area contributed by atoms with Gasteiger partial charge < -0.3 is 5.73 Å². The summed E-state index contributed by atoms with van der Waals surface area (Å²) < 4.78 is 39.9. The molecule has 4 nitrogen and oxygen atoms in total. The zero-order valence-electron chi connectivity index (χ0n) is 13.4. The van der Waals surface area contributed by atoms with E-state index in [2.05, 4.69) is 0 Å². The molecule has 0 spiro atoms. The van der Waals surface area contributed by atoms with Gasteiger partial charge in [-0.25, -0.2) is 17.1 Å². The summed E-state index contributed by atoms with van der Waals surface area (Å²) in [6, 6.07) is 2.70. The lowest BCUT2D eigenvalue weighted by molar-refractivity contribution is 0.397. The lowest BCUT2D eigenvalue weighted by atomic mass is 10.0. The summed E-state index contributed by atoms with van der Waals surface area (Å²) in [5, 5.41) is 0. The van der Waals surface area contributed by atoms with Crippen LogP contribution in [0.15, 0.2) is 17.0 Å². The molecule has 0 saturated heterocycles. The van der Waals surface area contributed by atoms with Crippen LogP contribution in [0.5, 0.6) is 0 Å². The zero-order chi connectivity index (χ0) is 16.4. The maximum Gasteiger partial charge on any atom is 0.242 e. The average Bonchev–Trinajstić information content (AvgIpc) is 2.40. The van der Waals surface area contributed by atoms with Crippen LogP contribution in [0, 0.1) is 25.6 Å². The van der Waals surface area contributed by atoms with Crippen molar-refractivity contribution in [1.82, 2.24) is 4.31 Å². The van der Waals surface area contributed by atoms with Crippen LogP contribution in [0.3, 0.4) is 0 Å². The van der Waals surface area contributed by atoms with E-state index in [9.17, 15) is 12.8 Å². The van der Waals surface area contributed by atoms with Crippen LogP contribution in [0.4, 0.5) is 4.39 Å². The van der Waals surface area contributed by atoms with E-state index >= 15 is 0 Å². The first-order chi connectivity index (χ1) is 9.57. The van der Waals surface area contributed by atoms with Crippen molar-refractivity contribution in [2.24, 2.45) is 11.7 Å². The Morgan fingerprint density at radius 2 is 1.71 bits per heavy atom. The van der Waals surface area contributed by atoms with E-state index in [-0.39, 0.29) is 16.8 Å². The van der Waals surface area contributed by atoms with Gasteiger partial charge in [0.15, 0.2) is 0 Å². The number of hydrogen-bond acceptors (Lipinski definition) is 3. The van der Waals surface area contributed by atoms with Crippen LogP contribution >= 0.6 is 0 Å². The lowest BCUT2D eigenvalue weighted by Gasteiger charge is -2.21. The molecule has 2 N–H and O–H groups in total. The highest BCUT2D eigenvalue weighted by Gasteiger charge is 2.23. The number of benzene rings is 1. The summed E-state index contributed by atoms with van der Waals surface area (Å²) >= 11 is 0. The Morgan fingerprint density at radius 1 is 1.24 bits per heavy atom. The first-order valence-electron chi connectivity index (χ1n) is 7.06. The van der Waals surface area contributed by atoms with Crippen molar-refractivity contribution < 1.29 is 12.8 Å². The maximum absolute atomic E-state index is 13.6. The lowest BCUT2D eigenvalue weighted by Crippen LogP contribution is -2.34. The van der Waals surface area contributed by atoms with Crippen LogP contribution in [0.1, 0.15) is 31.4 Å². The molecule has 0 aliphatic heterocycles. The van der Waals surface area contributed by atoms with Crippen LogP contribution in [0.25, 0.3) is 0 Å². The van der Waals surface area contributed by atoms with Crippen LogP contribution < -0.4 is 5.73 Å². The second kappa shape index (κ2) is 6.85. The Labute approximate surface area is 127 Å². The number of nitrogens with two attached hydrogens (primary N) is 1. The molecule has 0 fully saturated rings. The minimum Gasteiger partial charge on any atom is -0.327 e. The number of hydrogen-bond donors (Lipinski definition) is 1. The second-order valence-electron chi connectivity index (χ2n) is 5.89. The Morgan fingerprint density at radius 3 is 2.14 bits per heavy atom. The van der Waals surface area contributed by atoms with Gasteiger partial charge in [0, 0.05) is 19.6 Å². The van der Waals surface area contributed by atoms with Gasteiger partial charge in [-0.1, -0.05) is 13.8 Å². The first-order valence-corrected chi connectivity index (χ1v) is 8.50. The van der Waals surface area contributed by atoms with E-state index in [0.29, 0.717) is 30.0 Å². The van der Waals surface area contributed by atoms with Gasteiger partial charge in [0.05, 0.1) is 4.90 Å². The quantitative estimate of drug-likeness (QED) is 0.877. The number of nitrogens with zero attached hydrogens (tertiary/aromatic N) is 1. The molecule has 1 aromatic carbocycles. The molecule has 0 aliphatic rings. The maximum atomic E-state index is 13.6. The smallest absolute Gasteiger partial charge is 0.242 e. The van der Waals surface area contributed by atoms with Gasteiger partial charge in [0.1, 0.15) is 5.82 Å². The van der Waals surface area contributed by atoms with Gasteiger partial charge >= 0.3 is 0 Å². The minimum absolute atomic E-state index is 0.0423. The molecule has 21 heavy (non-hydrogen) atoms. The molecule has 0 radical (unpaired) electrons. The Hall–Kier alpha value is -0.980. The van der Waals surface area contributed by atoms with Crippen molar-refractivity contribution in [1.29, 1.82) is 0 Å². The third kappa shape index (κ3) is 4.25. The fraction of sp³-hybridized carbons (Fsp3) is 0.600. The summed E-state index contributed by atoms with van der Waals surface area (Å²) in [6.07, 6.45) is 0.590. The van der Waals surface area contributed by atoms with Crippen molar-refractivity contribution in [3.8, 4) is 0 Å². The van der Waals surface area contributed by atoms with E-state index in [4.69, 9.17) is 5.73 Å². The van der Waals surface area contributed by atoms with Crippen LogP contribution in [-0.2, 0) is 10.0 Å². The minimum atomic E-state index is -3.61. The van der Waals surface area contributed by atoms with Crippen LogP contribution in [-0.4, -0.2) is 32.4 Å². The van der Waals surface area contributed by atoms with E-state index in [1.165, 1.54) is 23.5 Å². The van der Waals surface area contributed by atoms with Crippen molar-refractivity contribution in [3.05, 3.63) is 29.1 Å². The normalized spacial score (nSPS) is 14.0. The molecule has 0 heterocycles. The molecule has 1 atom stereocenters. The largest absolute Gasteiger partial charge is 0.327 e. The molecule has 6 heteroatoms. The van der Waals surface area contributed by atoms with Gasteiger partial charge in [-0.3, -0.25) is 0 Å². The van der Waals surface area contributed by atoms with Crippen molar-refractivity contribution >= 4 is 10.0 Å². The molecule has 120 valence electrons. The summed E-state index contributed by atoms with van der Waals surface area (Å²) in [5.41, 5.74) is 6.61. The predicted molar refractivity (Wildman–Crippen MR) is 83.1 cm³/mol. The standard InChI is InChI=1S/C15H25FN2O2S/c1-10(2)14(17)6-7-18(5)21(19,20)13-8-11(3)15(16)12(4)9-13/h8-10,14H,6-7,17H2,1-5H3. The van der Waals surface area contributed by atoms with Gasteiger partial charge in [-0.05, 0) is 49.4 Å². The third-order valence-electron chi connectivity index (χ3n) is 3.75. The molecular formula is C15H25FN2O2S. The number of rotatable bonds is 6. The molecule has 0 amide bonds. The summed E-state index contributed by atoms with van der Waals surface area (Å²) in [5.74, 6) is -0.0603. The monoisotopic (exact) mass is 316 g/mol. The fourth-order valence-electron chi connectivity index (χ4n) is 2.02. The van der Waals surface area contributed by atoms with Crippen LogP contribution in [0.2, 0.25) is 0 Å². The van der Waals surface area contributed by atoms with E-state index in [1.54, 1.807) is 13.8 Å². The SMILES string of the molecule is Cc1cc(S(=O)(=O)N(C)CCC(N)C(C)C)cc(C)c1F. The first kappa shape index (κ1) is 18.1. The highest BCUT2D eigenvalue weighted by Crippen LogP contribution is 2.21. The van der Waals surface area contributed by atoms with E-state index in [0.717, 1.165) is 0 Å². The zero-order valence-corrected chi connectivity index (χ0v) is 14.2. The fourth-order valence-corrected chi connectivity index (χ4v) is 3.38. The van der Waals surface area contributed by atoms with E-state index < -0.39 is 10.0 Å². The van der Waals surface area contributed by atoms with Crippen molar-refractivity contribution in [2.45, 2.75) is 45.1 Å². The van der Waals surface area contributed by atoms with Gasteiger partial charge in [0.25, 0.3) is 0 Å². The molecule has 1 unspecified atom stereocenters. The average molecular weight is 316 g/mol.